The van der Waals surface area contributed by atoms with Gasteiger partial charge in [-0.05, 0) is 38.6 Å². The molecule has 0 saturated heterocycles. The monoisotopic (exact) mass is 252 g/mol. The Bertz CT molecular complexity index is 380. The molecule has 4 heteroatoms. The molecule has 0 saturated carbocycles. The Kier molecular flexibility index (Phi) is 5.78. The Morgan fingerprint density at radius 1 is 1.17 bits per heavy atom. The van der Waals surface area contributed by atoms with Crippen LogP contribution in [0.15, 0.2) is 12.1 Å². The molecule has 18 heavy (non-hydrogen) atoms. The predicted octanol–water partition coefficient (Wildman–Crippen LogP) is 2.06. The molecule has 1 N–H and O–H groups in total. The van der Waals surface area contributed by atoms with E-state index in [0.717, 1.165) is 42.3 Å². The highest BCUT2D eigenvalue weighted by atomic mass is 16.5. The highest BCUT2D eigenvalue weighted by Crippen LogP contribution is 2.34. The number of hydrogen-bond acceptors (Lipinski definition) is 4. The van der Waals surface area contributed by atoms with Crippen LogP contribution in [-0.4, -0.2) is 41.4 Å². The normalized spacial score (nSPS) is 10.3. The molecular weight excluding hydrogens is 228 g/mol. The average Bonchev–Trinajstić information content (AvgIpc) is 2.38. The van der Waals surface area contributed by atoms with E-state index in [0.29, 0.717) is 0 Å². The first-order valence-corrected chi connectivity index (χ1v) is 6.22. The van der Waals surface area contributed by atoms with Gasteiger partial charge in [0.05, 0.1) is 19.9 Å². The Morgan fingerprint density at radius 2 is 1.83 bits per heavy atom. The minimum Gasteiger partial charge on any atom is -0.496 e. The molecule has 0 spiro atoms. The number of ether oxygens (including phenoxy) is 2. The summed E-state index contributed by atoms with van der Waals surface area (Å²) in [6, 6.07) is 4.05. The molecule has 0 unspecified atom stereocenters. The third kappa shape index (κ3) is 3.53. The summed E-state index contributed by atoms with van der Waals surface area (Å²) in [5, 5.41) is 3.15. The second-order valence-corrected chi connectivity index (χ2v) is 4.37. The number of aryl methyl sites for hydroxylation is 1. The second kappa shape index (κ2) is 7.11. The third-order valence-corrected chi connectivity index (χ3v) is 3.03. The molecule has 1 aromatic carbocycles. The molecule has 0 aliphatic heterocycles. The summed E-state index contributed by atoms with van der Waals surface area (Å²) in [6.07, 6.45) is 1.09. The van der Waals surface area contributed by atoms with Gasteiger partial charge in [0, 0.05) is 19.7 Å². The average molecular weight is 252 g/mol. The zero-order chi connectivity index (χ0) is 13.5. The topological polar surface area (TPSA) is 33.7 Å². The molecule has 0 fully saturated rings. The van der Waals surface area contributed by atoms with Crippen molar-refractivity contribution in [1.29, 1.82) is 0 Å². The van der Waals surface area contributed by atoms with Gasteiger partial charge < -0.3 is 19.7 Å². The Morgan fingerprint density at radius 3 is 2.39 bits per heavy atom. The highest BCUT2D eigenvalue weighted by Gasteiger charge is 2.12. The molecule has 0 heterocycles. The van der Waals surface area contributed by atoms with Gasteiger partial charge in [-0.25, -0.2) is 0 Å². The van der Waals surface area contributed by atoms with E-state index in [9.17, 15) is 0 Å². The highest BCUT2D eigenvalue weighted by molar-refractivity contribution is 5.63. The fourth-order valence-electron chi connectivity index (χ4n) is 1.95. The molecular formula is C14H24N2O2. The predicted molar refractivity (Wildman–Crippen MR) is 76.1 cm³/mol. The van der Waals surface area contributed by atoms with Crippen molar-refractivity contribution in [2.75, 3.05) is 46.3 Å². The van der Waals surface area contributed by atoms with Crippen molar-refractivity contribution >= 4 is 5.69 Å². The zero-order valence-electron chi connectivity index (χ0n) is 12.0. The molecule has 0 atom stereocenters. The lowest BCUT2D eigenvalue weighted by atomic mass is 10.1. The number of rotatable bonds is 7. The van der Waals surface area contributed by atoms with Crippen molar-refractivity contribution in [3.63, 3.8) is 0 Å². The van der Waals surface area contributed by atoms with E-state index in [-0.39, 0.29) is 0 Å². The number of benzene rings is 1. The summed E-state index contributed by atoms with van der Waals surface area (Å²) < 4.78 is 10.8. The van der Waals surface area contributed by atoms with Crippen LogP contribution in [0.4, 0.5) is 5.69 Å². The van der Waals surface area contributed by atoms with Crippen LogP contribution in [-0.2, 0) is 0 Å². The Hall–Kier alpha value is -1.42. The van der Waals surface area contributed by atoms with E-state index in [1.54, 1.807) is 14.2 Å². The van der Waals surface area contributed by atoms with Crippen LogP contribution in [0.2, 0.25) is 0 Å². The van der Waals surface area contributed by atoms with E-state index in [2.05, 4.69) is 17.3 Å². The molecule has 0 bridgehead atoms. The van der Waals surface area contributed by atoms with Crippen LogP contribution in [0.25, 0.3) is 0 Å². The van der Waals surface area contributed by atoms with Crippen molar-refractivity contribution in [2.24, 2.45) is 0 Å². The van der Waals surface area contributed by atoms with Gasteiger partial charge in [0.15, 0.2) is 0 Å². The van der Waals surface area contributed by atoms with Crippen LogP contribution in [0.5, 0.6) is 11.5 Å². The molecule has 4 nitrogen and oxygen atoms in total. The largest absolute Gasteiger partial charge is 0.496 e. The van der Waals surface area contributed by atoms with Gasteiger partial charge in [0.1, 0.15) is 11.5 Å². The molecule has 0 aliphatic rings. The summed E-state index contributed by atoms with van der Waals surface area (Å²) in [4.78, 5) is 2.19. The minimum absolute atomic E-state index is 0.889. The van der Waals surface area contributed by atoms with Crippen LogP contribution in [0.3, 0.4) is 0 Å². The molecule has 0 amide bonds. The maximum absolute atomic E-state index is 5.44. The number of nitrogens with one attached hydrogen (secondary N) is 1. The smallest absolute Gasteiger partial charge is 0.142 e. The van der Waals surface area contributed by atoms with E-state index >= 15 is 0 Å². The number of nitrogens with zero attached hydrogens (tertiary/aromatic N) is 1. The lowest BCUT2D eigenvalue weighted by Crippen LogP contribution is -2.22. The first-order valence-electron chi connectivity index (χ1n) is 6.22. The number of hydrogen-bond donors (Lipinski definition) is 1. The van der Waals surface area contributed by atoms with E-state index in [1.165, 1.54) is 0 Å². The molecule has 0 aromatic heterocycles. The standard InChI is InChI=1S/C14H24N2O2/c1-11-9-14(18-5)12(10-13(11)17-4)16(3)8-6-7-15-2/h9-10,15H,6-8H2,1-5H3. The molecule has 0 radical (unpaired) electrons. The van der Waals surface area contributed by atoms with Gasteiger partial charge in [-0.15, -0.1) is 0 Å². The maximum atomic E-state index is 5.44. The van der Waals surface area contributed by atoms with E-state index in [1.807, 2.05) is 26.1 Å². The quantitative estimate of drug-likeness (QED) is 0.753. The van der Waals surface area contributed by atoms with Crippen molar-refractivity contribution in [1.82, 2.24) is 5.32 Å². The van der Waals surface area contributed by atoms with Crippen molar-refractivity contribution in [2.45, 2.75) is 13.3 Å². The van der Waals surface area contributed by atoms with Crippen molar-refractivity contribution in [3.05, 3.63) is 17.7 Å². The third-order valence-electron chi connectivity index (χ3n) is 3.03. The van der Waals surface area contributed by atoms with Gasteiger partial charge in [-0.2, -0.15) is 0 Å². The van der Waals surface area contributed by atoms with Gasteiger partial charge >= 0.3 is 0 Å². The Labute approximate surface area is 110 Å². The van der Waals surface area contributed by atoms with Gasteiger partial charge in [0.2, 0.25) is 0 Å². The van der Waals surface area contributed by atoms with Crippen molar-refractivity contribution in [3.8, 4) is 11.5 Å². The van der Waals surface area contributed by atoms with Gasteiger partial charge in [0.25, 0.3) is 0 Å². The maximum Gasteiger partial charge on any atom is 0.142 e. The molecule has 1 aromatic rings. The fourth-order valence-corrected chi connectivity index (χ4v) is 1.95. The first-order chi connectivity index (χ1) is 8.63. The minimum atomic E-state index is 0.889. The lowest BCUT2D eigenvalue weighted by Gasteiger charge is -2.23. The Balaban J connectivity index is 2.90. The van der Waals surface area contributed by atoms with Crippen LogP contribution >= 0.6 is 0 Å². The molecule has 1 rings (SSSR count). The summed E-state index contributed by atoms with van der Waals surface area (Å²) in [5.41, 5.74) is 2.15. The van der Waals surface area contributed by atoms with Crippen LogP contribution < -0.4 is 19.7 Å². The van der Waals surface area contributed by atoms with Gasteiger partial charge in [-0.1, -0.05) is 0 Å². The summed E-state index contributed by atoms with van der Waals surface area (Å²) in [7, 11) is 7.43. The van der Waals surface area contributed by atoms with E-state index in [4.69, 9.17) is 9.47 Å². The fraction of sp³-hybridized carbons (Fsp3) is 0.571. The first kappa shape index (κ1) is 14.6. The SMILES string of the molecule is CNCCCN(C)c1cc(OC)c(C)cc1OC. The van der Waals surface area contributed by atoms with E-state index < -0.39 is 0 Å². The number of anilines is 1. The zero-order valence-corrected chi connectivity index (χ0v) is 12.0. The van der Waals surface area contributed by atoms with Crippen molar-refractivity contribution < 1.29 is 9.47 Å². The van der Waals surface area contributed by atoms with Gasteiger partial charge in [-0.3, -0.25) is 0 Å². The lowest BCUT2D eigenvalue weighted by molar-refractivity contribution is 0.400. The van der Waals surface area contributed by atoms with Crippen LogP contribution in [0.1, 0.15) is 12.0 Å². The number of methoxy groups -OCH3 is 2. The summed E-state index contributed by atoms with van der Waals surface area (Å²) >= 11 is 0. The second-order valence-electron chi connectivity index (χ2n) is 4.37. The molecule has 102 valence electrons. The summed E-state index contributed by atoms with van der Waals surface area (Å²) in [6.45, 7) is 4.01. The molecule has 0 aliphatic carbocycles. The summed E-state index contributed by atoms with van der Waals surface area (Å²) in [5.74, 6) is 1.78. The van der Waals surface area contributed by atoms with Crippen LogP contribution in [0, 0.1) is 6.92 Å².